The number of fused-ring (bicyclic) bond motifs is 2. The van der Waals surface area contributed by atoms with E-state index in [1.807, 2.05) is 36.4 Å². The predicted octanol–water partition coefficient (Wildman–Crippen LogP) is 5.36. The number of benzene rings is 3. The first-order chi connectivity index (χ1) is 10.2. The number of hydrogen-bond donors (Lipinski definition) is 1. The molecule has 1 unspecified atom stereocenters. The summed E-state index contributed by atoms with van der Waals surface area (Å²) in [6.45, 7) is 0. The molecule has 0 saturated heterocycles. The van der Waals surface area contributed by atoms with E-state index in [4.69, 9.17) is 11.6 Å². The molecule has 0 saturated carbocycles. The van der Waals surface area contributed by atoms with Crippen LogP contribution >= 0.6 is 11.6 Å². The Morgan fingerprint density at radius 1 is 0.952 bits per heavy atom. The molecular weight excluding hydrogens is 280 g/mol. The third kappa shape index (κ3) is 1.93. The van der Waals surface area contributed by atoms with Gasteiger partial charge in [0.25, 0.3) is 0 Å². The fourth-order valence-electron chi connectivity index (χ4n) is 3.14. The van der Waals surface area contributed by atoms with Crippen molar-refractivity contribution in [1.29, 1.82) is 0 Å². The smallest absolute Gasteiger partial charge is 0.120 e. The lowest BCUT2D eigenvalue weighted by Crippen LogP contribution is -1.98. The molecular formula is C19H13ClO. The maximum atomic E-state index is 10.4. The lowest BCUT2D eigenvalue weighted by atomic mass is 9.88. The molecule has 0 heterocycles. The summed E-state index contributed by atoms with van der Waals surface area (Å²) in [5.74, 6) is 0.412. The zero-order chi connectivity index (χ0) is 14.4. The molecule has 0 spiro atoms. The highest BCUT2D eigenvalue weighted by Crippen LogP contribution is 2.43. The van der Waals surface area contributed by atoms with E-state index in [1.165, 1.54) is 5.56 Å². The Morgan fingerprint density at radius 3 is 2.71 bits per heavy atom. The second kappa shape index (κ2) is 4.64. The van der Waals surface area contributed by atoms with Gasteiger partial charge in [0.2, 0.25) is 0 Å². The molecule has 1 nitrogen and oxygen atoms in total. The van der Waals surface area contributed by atoms with Crippen LogP contribution in [0.1, 0.15) is 22.6 Å². The number of allylic oxidation sites excluding steroid dienone is 1. The zero-order valence-corrected chi connectivity index (χ0v) is 12.0. The molecule has 0 bridgehead atoms. The first kappa shape index (κ1) is 12.5. The topological polar surface area (TPSA) is 20.2 Å². The molecule has 2 heteroatoms. The molecule has 1 atom stereocenters. The summed E-state index contributed by atoms with van der Waals surface area (Å²) in [6.07, 6.45) is 4.20. The molecule has 3 aromatic carbocycles. The summed E-state index contributed by atoms with van der Waals surface area (Å²) in [4.78, 5) is 0. The van der Waals surface area contributed by atoms with E-state index in [0.29, 0.717) is 5.75 Å². The Bertz CT molecular complexity index is 880. The lowest BCUT2D eigenvalue weighted by Gasteiger charge is -2.16. The van der Waals surface area contributed by atoms with Crippen molar-refractivity contribution in [2.24, 2.45) is 0 Å². The van der Waals surface area contributed by atoms with Crippen molar-refractivity contribution in [1.82, 2.24) is 0 Å². The van der Waals surface area contributed by atoms with Crippen LogP contribution in [0.4, 0.5) is 0 Å². The van der Waals surface area contributed by atoms with Crippen LogP contribution in [0.2, 0.25) is 5.02 Å². The predicted molar refractivity (Wildman–Crippen MR) is 87.9 cm³/mol. The molecule has 21 heavy (non-hydrogen) atoms. The number of rotatable bonds is 1. The van der Waals surface area contributed by atoms with Gasteiger partial charge in [-0.25, -0.2) is 0 Å². The third-order valence-electron chi connectivity index (χ3n) is 4.11. The Labute approximate surface area is 128 Å². The summed E-state index contributed by atoms with van der Waals surface area (Å²) >= 11 is 6.06. The number of aromatic hydroxyl groups is 1. The van der Waals surface area contributed by atoms with E-state index < -0.39 is 0 Å². The average molecular weight is 293 g/mol. The SMILES string of the molecule is Oc1ccc2ccccc2c1C1C=Cc2cc(Cl)ccc21. The van der Waals surface area contributed by atoms with E-state index in [9.17, 15) is 5.11 Å². The Morgan fingerprint density at radius 2 is 1.81 bits per heavy atom. The van der Waals surface area contributed by atoms with Crippen molar-refractivity contribution >= 4 is 28.4 Å². The standard InChI is InChI=1S/C19H13ClO/c20-14-7-9-15-13(11-14)5-8-17(15)19-16-4-2-1-3-12(16)6-10-18(19)21/h1-11,17,21H. The second-order valence-corrected chi connectivity index (χ2v) is 5.77. The molecule has 1 N–H and O–H groups in total. The Hall–Kier alpha value is -2.25. The summed E-state index contributed by atoms with van der Waals surface area (Å²) in [5, 5.41) is 13.4. The van der Waals surface area contributed by atoms with Crippen LogP contribution in [0.15, 0.2) is 60.7 Å². The highest BCUT2D eigenvalue weighted by Gasteiger charge is 2.23. The summed E-state index contributed by atoms with van der Waals surface area (Å²) in [7, 11) is 0. The molecule has 0 radical (unpaired) electrons. The van der Waals surface area contributed by atoms with E-state index >= 15 is 0 Å². The van der Waals surface area contributed by atoms with Gasteiger partial charge in [0.1, 0.15) is 5.75 Å². The van der Waals surface area contributed by atoms with Crippen LogP contribution in [-0.2, 0) is 0 Å². The monoisotopic (exact) mass is 292 g/mol. The first-order valence-corrected chi connectivity index (χ1v) is 7.30. The van der Waals surface area contributed by atoms with Crippen molar-refractivity contribution in [3.05, 3.63) is 82.4 Å². The molecule has 1 aliphatic rings. The molecule has 0 aromatic heterocycles. The van der Waals surface area contributed by atoms with Gasteiger partial charge in [-0.05, 0) is 40.1 Å². The number of halogens is 1. The van der Waals surface area contributed by atoms with Crippen molar-refractivity contribution < 1.29 is 5.11 Å². The van der Waals surface area contributed by atoms with Crippen molar-refractivity contribution in [3.63, 3.8) is 0 Å². The van der Waals surface area contributed by atoms with Crippen molar-refractivity contribution in [2.45, 2.75) is 5.92 Å². The number of phenols is 1. The van der Waals surface area contributed by atoms with Gasteiger partial charge < -0.3 is 5.11 Å². The minimum atomic E-state index is 0.0726. The maximum Gasteiger partial charge on any atom is 0.120 e. The minimum absolute atomic E-state index is 0.0726. The fraction of sp³-hybridized carbons (Fsp3) is 0.0526. The van der Waals surface area contributed by atoms with Gasteiger partial charge in [-0.2, -0.15) is 0 Å². The van der Waals surface area contributed by atoms with Gasteiger partial charge in [-0.1, -0.05) is 60.2 Å². The molecule has 0 aliphatic heterocycles. The molecule has 102 valence electrons. The lowest BCUT2D eigenvalue weighted by molar-refractivity contribution is 0.469. The highest BCUT2D eigenvalue weighted by atomic mass is 35.5. The largest absolute Gasteiger partial charge is 0.508 e. The van der Waals surface area contributed by atoms with E-state index in [2.05, 4.69) is 24.3 Å². The van der Waals surface area contributed by atoms with Gasteiger partial charge in [0, 0.05) is 16.5 Å². The zero-order valence-electron chi connectivity index (χ0n) is 11.3. The molecule has 0 fully saturated rings. The molecule has 1 aliphatic carbocycles. The van der Waals surface area contributed by atoms with Crippen LogP contribution in [0, 0.1) is 0 Å². The van der Waals surface area contributed by atoms with Gasteiger partial charge in [-0.15, -0.1) is 0 Å². The molecule has 0 amide bonds. The van der Waals surface area contributed by atoms with Gasteiger partial charge in [0.15, 0.2) is 0 Å². The van der Waals surface area contributed by atoms with Gasteiger partial charge >= 0.3 is 0 Å². The summed E-state index contributed by atoms with van der Waals surface area (Å²) < 4.78 is 0. The average Bonchev–Trinajstić information content (AvgIpc) is 2.90. The van der Waals surface area contributed by atoms with Crippen LogP contribution < -0.4 is 0 Å². The Balaban J connectivity index is 1.98. The van der Waals surface area contributed by atoms with Crippen LogP contribution in [0.25, 0.3) is 16.8 Å². The number of hydrogen-bond acceptors (Lipinski definition) is 1. The van der Waals surface area contributed by atoms with E-state index in [-0.39, 0.29) is 5.92 Å². The van der Waals surface area contributed by atoms with Crippen molar-refractivity contribution in [3.8, 4) is 5.75 Å². The Kier molecular flexibility index (Phi) is 2.76. The van der Waals surface area contributed by atoms with Crippen LogP contribution in [0.5, 0.6) is 5.75 Å². The summed E-state index contributed by atoms with van der Waals surface area (Å²) in [5.41, 5.74) is 3.27. The van der Waals surface area contributed by atoms with Gasteiger partial charge in [-0.3, -0.25) is 0 Å². The van der Waals surface area contributed by atoms with Crippen molar-refractivity contribution in [2.75, 3.05) is 0 Å². The second-order valence-electron chi connectivity index (χ2n) is 5.33. The minimum Gasteiger partial charge on any atom is -0.508 e. The molecule has 4 rings (SSSR count). The normalized spacial score (nSPS) is 16.3. The first-order valence-electron chi connectivity index (χ1n) is 6.92. The van der Waals surface area contributed by atoms with Gasteiger partial charge in [0.05, 0.1) is 0 Å². The quantitative estimate of drug-likeness (QED) is 0.640. The third-order valence-corrected chi connectivity index (χ3v) is 4.35. The summed E-state index contributed by atoms with van der Waals surface area (Å²) in [6, 6.07) is 17.8. The maximum absolute atomic E-state index is 10.4. The van der Waals surface area contributed by atoms with Crippen LogP contribution in [0.3, 0.4) is 0 Å². The van der Waals surface area contributed by atoms with E-state index in [1.54, 1.807) is 6.07 Å². The molecule has 3 aromatic rings. The van der Waals surface area contributed by atoms with E-state index in [0.717, 1.165) is 26.9 Å². The number of phenolic OH excluding ortho intramolecular Hbond substituents is 1. The van der Waals surface area contributed by atoms with Crippen LogP contribution in [-0.4, -0.2) is 5.11 Å². The highest BCUT2D eigenvalue weighted by molar-refractivity contribution is 6.30. The fourth-order valence-corrected chi connectivity index (χ4v) is 3.32.